The zero-order valence-electron chi connectivity index (χ0n) is 8.47. The van der Waals surface area contributed by atoms with Gasteiger partial charge < -0.3 is 10.0 Å². The lowest BCUT2D eigenvalue weighted by atomic mass is 9.75. The van der Waals surface area contributed by atoms with Crippen molar-refractivity contribution in [3.8, 4) is 11.1 Å². The molecule has 0 atom stereocenters. The highest BCUT2D eigenvalue weighted by molar-refractivity contribution is 14.1. The van der Waals surface area contributed by atoms with Crippen LogP contribution in [0.4, 0.5) is 0 Å². The van der Waals surface area contributed by atoms with E-state index in [1.165, 1.54) is 0 Å². The van der Waals surface area contributed by atoms with Crippen LogP contribution in [0, 0.1) is 3.57 Å². The molecule has 16 heavy (non-hydrogen) atoms. The van der Waals surface area contributed by atoms with E-state index in [1.54, 1.807) is 6.07 Å². The Hall–Kier alpha value is -0.845. The minimum Gasteiger partial charge on any atom is -0.423 e. The van der Waals surface area contributed by atoms with Crippen LogP contribution in [-0.4, -0.2) is 17.2 Å². The van der Waals surface area contributed by atoms with Gasteiger partial charge in [0.2, 0.25) is 0 Å². The fourth-order valence-corrected chi connectivity index (χ4v) is 2.50. The predicted molar refractivity (Wildman–Crippen MR) is 74.4 cm³/mol. The molecule has 2 N–H and O–H groups in total. The van der Waals surface area contributed by atoms with E-state index >= 15 is 0 Å². The Morgan fingerprint density at radius 1 is 0.875 bits per heavy atom. The first-order valence-electron chi connectivity index (χ1n) is 4.90. The van der Waals surface area contributed by atoms with E-state index in [4.69, 9.17) is 0 Å². The average Bonchev–Trinajstić information content (AvgIpc) is 2.29. The molecule has 0 heterocycles. The lowest BCUT2D eigenvalue weighted by Gasteiger charge is -2.11. The van der Waals surface area contributed by atoms with E-state index in [2.05, 4.69) is 22.6 Å². The van der Waals surface area contributed by atoms with Gasteiger partial charge in [-0.1, -0.05) is 42.5 Å². The number of hydrogen-bond acceptors (Lipinski definition) is 2. The number of hydrogen-bond donors (Lipinski definition) is 2. The van der Waals surface area contributed by atoms with Crippen LogP contribution in [0.3, 0.4) is 0 Å². The van der Waals surface area contributed by atoms with Gasteiger partial charge in [0.1, 0.15) is 0 Å². The van der Waals surface area contributed by atoms with Crippen molar-refractivity contribution in [3.05, 3.63) is 52.1 Å². The number of rotatable bonds is 2. The molecule has 0 amide bonds. The summed E-state index contributed by atoms with van der Waals surface area (Å²) in [6.07, 6.45) is 0. The molecule has 0 aliphatic carbocycles. The monoisotopic (exact) mass is 324 g/mol. The average molecular weight is 324 g/mol. The van der Waals surface area contributed by atoms with E-state index in [0.29, 0.717) is 5.46 Å². The van der Waals surface area contributed by atoms with Gasteiger partial charge in [-0.25, -0.2) is 0 Å². The Morgan fingerprint density at radius 2 is 1.56 bits per heavy atom. The molecule has 80 valence electrons. The second-order valence-electron chi connectivity index (χ2n) is 3.44. The standard InChI is InChI=1S/C12H10BIO2/c14-11-8-4-7-10(13(15)16)12(11)9-5-2-1-3-6-9/h1-8,15-16H. The molecule has 0 saturated heterocycles. The van der Waals surface area contributed by atoms with E-state index in [0.717, 1.165) is 14.7 Å². The van der Waals surface area contributed by atoms with Gasteiger partial charge in [0.25, 0.3) is 0 Å². The molecule has 0 fully saturated rings. The molecule has 2 nitrogen and oxygen atoms in total. The minimum atomic E-state index is -1.44. The van der Waals surface area contributed by atoms with E-state index in [-0.39, 0.29) is 0 Å². The lowest BCUT2D eigenvalue weighted by molar-refractivity contribution is 0.426. The maximum absolute atomic E-state index is 9.34. The van der Waals surface area contributed by atoms with Crippen molar-refractivity contribution in [1.29, 1.82) is 0 Å². The number of halogens is 1. The third-order valence-electron chi connectivity index (χ3n) is 2.39. The molecule has 4 heteroatoms. The zero-order valence-corrected chi connectivity index (χ0v) is 10.6. The molecule has 2 rings (SSSR count). The van der Waals surface area contributed by atoms with Crippen LogP contribution < -0.4 is 5.46 Å². The topological polar surface area (TPSA) is 40.5 Å². The largest absolute Gasteiger partial charge is 0.489 e. The molecule has 0 bridgehead atoms. The molecule has 0 unspecified atom stereocenters. The third-order valence-corrected chi connectivity index (χ3v) is 3.29. The summed E-state index contributed by atoms with van der Waals surface area (Å²) in [4.78, 5) is 0. The first-order valence-corrected chi connectivity index (χ1v) is 5.98. The molecule has 0 aromatic heterocycles. The normalized spacial score (nSPS) is 10.2. The summed E-state index contributed by atoms with van der Waals surface area (Å²) < 4.78 is 1.01. The van der Waals surface area contributed by atoms with Crippen LogP contribution in [-0.2, 0) is 0 Å². The summed E-state index contributed by atoms with van der Waals surface area (Å²) in [5.74, 6) is 0. The Morgan fingerprint density at radius 3 is 2.19 bits per heavy atom. The van der Waals surface area contributed by atoms with Gasteiger partial charge in [0.15, 0.2) is 0 Å². The molecule has 0 saturated carbocycles. The Balaban J connectivity index is 2.64. The van der Waals surface area contributed by atoms with Gasteiger partial charge in [-0.05, 0) is 45.2 Å². The van der Waals surface area contributed by atoms with Crippen LogP contribution in [0.1, 0.15) is 0 Å². The van der Waals surface area contributed by atoms with E-state index < -0.39 is 7.12 Å². The molecular weight excluding hydrogens is 314 g/mol. The second-order valence-corrected chi connectivity index (χ2v) is 4.61. The molecule has 2 aromatic carbocycles. The maximum atomic E-state index is 9.34. The first kappa shape index (κ1) is 11.6. The Bertz CT molecular complexity index is 486. The van der Waals surface area contributed by atoms with Crippen molar-refractivity contribution >= 4 is 35.2 Å². The molecule has 0 radical (unpaired) electrons. The van der Waals surface area contributed by atoms with Gasteiger partial charge in [-0.15, -0.1) is 0 Å². The van der Waals surface area contributed by atoms with Crippen LogP contribution in [0.2, 0.25) is 0 Å². The Kier molecular flexibility index (Phi) is 3.63. The Labute approximate surface area is 108 Å². The predicted octanol–water partition coefficient (Wildman–Crippen LogP) is 1.64. The van der Waals surface area contributed by atoms with E-state index in [9.17, 15) is 10.0 Å². The van der Waals surface area contributed by atoms with Gasteiger partial charge >= 0.3 is 7.12 Å². The highest BCUT2D eigenvalue weighted by Crippen LogP contribution is 2.23. The van der Waals surface area contributed by atoms with Gasteiger partial charge in [-0.3, -0.25) is 0 Å². The molecule has 2 aromatic rings. The van der Waals surface area contributed by atoms with Gasteiger partial charge in [0.05, 0.1) is 0 Å². The summed E-state index contributed by atoms with van der Waals surface area (Å²) in [5.41, 5.74) is 2.42. The molecular formula is C12H10BIO2. The van der Waals surface area contributed by atoms with Gasteiger partial charge in [-0.2, -0.15) is 0 Å². The molecule has 0 spiro atoms. The van der Waals surface area contributed by atoms with E-state index in [1.807, 2.05) is 42.5 Å². The lowest BCUT2D eigenvalue weighted by Crippen LogP contribution is -2.32. The minimum absolute atomic E-state index is 0.540. The summed E-state index contributed by atoms with van der Waals surface area (Å²) in [5, 5.41) is 18.7. The van der Waals surface area contributed by atoms with Crippen molar-refractivity contribution < 1.29 is 10.0 Å². The summed E-state index contributed by atoms with van der Waals surface area (Å²) in [6, 6.07) is 15.2. The molecule has 0 aliphatic heterocycles. The van der Waals surface area contributed by atoms with Crippen LogP contribution in [0.25, 0.3) is 11.1 Å². The fourth-order valence-electron chi connectivity index (χ4n) is 1.67. The van der Waals surface area contributed by atoms with Crippen molar-refractivity contribution in [2.24, 2.45) is 0 Å². The smallest absolute Gasteiger partial charge is 0.423 e. The van der Waals surface area contributed by atoms with Crippen LogP contribution in [0.5, 0.6) is 0 Å². The quantitative estimate of drug-likeness (QED) is 0.651. The third kappa shape index (κ3) is 2.29. The summed E-state index contributed by atoms with van der Waals surface area (Å²) >= 11 is 2.20. The zero-order chi connectivity index (χ0) is 11.5. The molecule has 0 aliphatic rings. The highest BCUT2D eigenvalue weighted by Gasteiger charge is 2.18. The summed E-state index contributed by atoms with van der Waals surface area (Å²) in [7, 11) is -1.44. The van der Waals surface area contributed by atoms with Crippen molar-refractivity contribution in [3.63, 3.8) is 0 Å². The van der Waals surface area contributed by atoms with Crippen LogP contribution >= 0.6 is 22.6 Å². The van der Waals surface area contributed by atoms with Crippen molar-refractivity contribution in [2.45, 2.75) is 0 Å². The van der Waals surface area contributed by atoms with Gasteiger partial charge in [0, 0.05) is 3.57 Å². The second kappa shape index (κ2) is 4.99. The summed E-state index contributed by atoms with van der Waals surface area (Å²) in [6.45, 7) is 0. The SMILES string of the molecule is OB(O)c1cccc(I)c1-c1ccccc1. The van der Waals surface area contributed by atoms with Crippen molar-refractivity contribution in [1.82, 2.24) is 0 Å². The highest BCUT2D eigenvalue weighted by atomic mass is 127. The first-order chi connectivity index (χ1) is 7.70. The maximum Gasteiger partial charge on any atom is 0.489 e. The number of benzene rings is 2. The van der Waals surface area contributed by atoms with Crippen molar-refractivity contribution in [2.75, 3.05) is 0 Å². The fraction of sp³-hybridized carbons (Fsp3) is 0. The van der Waals surface area contributed by atoms with Crippen LogP contribution in [0.15, 0.2) is 48.5 Å².